The van der Waals surface area contributed by atoms with Crippen LogP contribution in [0.3, 0.4) is 0 Å². The zero-order valence-corrected chi connectivity index (χ0v) is 23.6. The van der Waals surface area contributed by atoms with Crippen LogP contribution in [-0.2, 0) is 28.4 Å². The number of amides is 1. The van der Waals surface area contributed by atoms with Crippen molar-refractivity contribution in [2.75, 3.05) is 13.2 Å². The van der Waals surface area contributed by atoms with E-state index in [2.05, 4.69) is 10.6 Å². The highest BCUT2D eigenvalue weighted by atomic mass is 19.4. The van der Waals surface area contributed by atoms with Crippen LogP contribution < -0.4 is 10.6 Å². The monoisotopic (exact) mass is 574 g/mol. The van der Waals surface area contributed by atoms with Crippen LogP contribution in [0.1, 0.15) is 90.3 Å². The molecular weight excluding hydrogens is 530 g/mol. The van der Waals surface area contributed by atoms with Gasteiger partial charge in [-0.15, -0.1) is 0 Å². The Kier molecular flexibility index (Phi) is 16.2. The summed E-state index contributed by atoms with van der Waals surface area (Å²) < 4.78 is 83.2. The molecule has 39 heavy (non-hydrogen) atoms. The standard InChI is InChI=1S/C22H30F6N2O3.C3H8O.C2H6/c1-3-4-17(30-18-7-8-33-13-20(18,2)32)5-6-19(31)29-12-14-9-15(21(23,24)25)11-16(10-14)22(26,27)28;1-3(2)4;1-2/h9-11,17-18,30,32H,3-8,12-13H2,1-2H3,(H,29,31);3-4H,1-2H3;1-2H3. The first kappa shape index (κ1) is 37.1. The molecule has 1 aliphatic heterocycles. The lowest BCUT2D eigenvalue weighted by molar-refractivity contribution is -0.143. The fourth-order valence-electron chi connectivity index (χ4n) is 3.81. The van der Waals surface area contributed by atoms with Crippen molar-refractivity contribution in [1.29, 1.82) is 0 Å². The normalized spacial score (nSPS) is 20.3. The number of rotatable bonds is 9. The molecule has 0 bridgehead atoms. The van der Waals surface area contributed by atoms with Crippen molar-refractivity contribution >= 4 is 5.91 Å². The van der Waals surface area contributed by atoms with Gasteiger partial charge in [-0.1, -0.05) is 27.2 Å². The molecule has 3 unspecified atom stereocenters. The van der Waals surface area contributed by atoms with Crippen LogP contribution in [0, 0.1) is 0 Å². The summed E-state index contributed by atoms with van der Waals surface area (Å²) in [5.74, 6) is -0.484. The Morgan fingerprint density at radius 3 is 2.03 bits per heavy atom. The van der Waals surface area contributed by atoms with Crippen LogP contribution in [0.2, 0.25) is 0 Å². The fourth-order valence-corrected chi connectivity index (χ4v) is 3.81. The van der Waals surface area contributed by atoms with Crippen molar-refractivity contribution in [2.24, 2.45) is 0 Å². The molecule has 0 spiro atoms. The van der Waals surface area contributed by atoms with Crippen molar-refractivity contribution in [3.05, 3.63) is 34.9 Å². The van der Waals surface area contributed by atoms with Crippen molar-refractivity contribution in [3.8, 4) is 0 Å². The molecule has 0 radical (unpaired) electrons. The molecule has 1 aliphatic rings. The molecule has 6 nitrogen and oxygen atoms in total. The topological polar surface area (TPSA) is 90.8 Å². The van der Waals surface area contributed by atoms with Crippen LogP contribution in [0.25, 0.3) is 0 Å². The number of carbonyl (C=O) groups excluding carboxylic acids is 1. The first-order valence-electron chi connectivity index (χ1n) is 13.2. The fraction of sp³-hybridized carbons (Fsp3) is 0.741. The molecule has 1 amide bonds. The highest BCUT2D eigenvalue weighted by molar-refractivity contribution is 5.75. The van der Waals surface area contributed by atoms with Crippen LogP contribution in [0.15, 0.2) is 18.2 Å². The number of benzene rings is 1. The molecule has 0 aromatic heterocycles. The summed E-state index contributed by atoms with van der Waals surface area (Å²) in [6.07, 6.45) is -7.43. The average Bonchev–Trinajstić information content (AvgIpc) is 2.82. The minimum Gasteiger partial charge on any atom is -0.394 e. The second-order valence-corrected chi connectivity index (χ2v) is 9.73. The van der Waals surface area contributed by atoms with Gasteiger partial charge < -0.3 is 25.6 Å². The van der Waals surface area contributed by atoms with Gasteiger partial charge in [0.2, 0.25) is 5.91 Å². The number of aliphatic hydroxyl groups is 2. The maximum atomic E-state index is 13.0. The number of ether oxygens (including phenoxy) is 1. The summed E-state index contributed by atoms with van der Waals surface area (Å²) in [5.41, 5.74) is -4.17. The lowest BCUT2D eigenvalue weighted by atomic mass is 9.91. The molecular formula is C27H44F6N2O4. The minimum atomic E-state index is -4.94. The second kappa shape index (κ2) is 17.0. The Bertz CT molecular complexity index is 810. The number of nitrogens with one attached hydrogen (secondary N) is 2. The van der Waals surface area contributed by atoms with E-state index in [9.17, 15) is 36.2 Å². The second-order valence-electron chi connectivity index (χ2n) is 9.73. The van der Waals surface area contributed by atoms with E-state index in [-0.39, 0.29) is 42.8 Å². The van der Waals surface area contributed by atoms with Crippen LogP contribution in [0.4, 0.5) is 26.3 Å². The summed E-state index contributed by atoms with van der Waals surface area (Å²) in [7, 11) is 0. The summed E-state index contributed by atoms with van der Waals surface area (Å²) in [4.78, 5) is 12.3. The van der Waals surface area contributed by atoms with E-state index in [4.69, 9.17) is 9.84 Å². The molecule has 2 rings (SSSR count). The number of aliphatic hydroxyl groups excluding tert-OH is 1. The highest BCUT2D eigenvalue weighted by Crippen LogP contribution is 2.36. The Labute approximate surface area is 227 Å². The van der Waals surface area contributed by atoms with Crippen molar-refractivity contribution in [1.82, 2.24) is 10.6 Å². The first-order valence-corrected chi connectivity index (χ1v) is 13.2. The van der Waals surface area contributed by atoms with Gasteiger partial charge in [-0.2, -0.15) is 26.3 Å². The number of hydrogen-bond donors (Lipinski definition) is 4. The first-order chi connectivity index (χ1) is 18.0. The molecule has 1 saturated heterocycles. The summed E-state index contributed by atoms with van der Waals surface area (Å²) in [5, 5.41) is 24.3. The summed E-state index contributed by atoms with van der Waals surface area (Å²) >= 11 is 0. The molecule has 1 fully saturated rings. The molecule has 4 N–H and O–H groups in total. The molecule has 1 aromatic carbocycles. The highest BCUT2D eigenvalue weighted by Gasteiger charge is 2.37. The Morgan fingerprint density at radius 2 is 1.59 bits per heavy atom. The van der Waals surface area contributed by atoms with Crippen LogP contribution in [0.5, 0.6) is 0 Å². The molecule has 0 saturated carbocycles. The Hall–Kier alpha value is -1.89. The minimum absolute atomic E-state index is 0.0358. The van der Waals surface area contributed by atoms with Gasteiger partial charge in [0.15, 0.2) is 0 Å². The number of halogens is 6. The van der Waals surface area contributed by atoms with E-state index in [1.165, 1.54) is 0 Å². The smallest absolute Gasteiger partial charge is 0.394 e. The number of hydrogen-bond acceptors (Lipinski definition) is 5. The molecule has 12 heteroatoms. The maximum Gasteiger partial charge on any atom is 0.416 e. The lowest BCUT2D eigenvalue weighted by Crippen LogP contribution is -2.57. The number of alkyl halides is 6. The van der Waals surface area contributed by atoms with Gasteiger partial charge >= 0.3 is 12.4 Å². The van der Waals surface area contributed by atoms with Crippen molar-refractivity contribution < 1.29 is 46.1 Å². The third-order valence-electron chi connectivity index (χ3n) is 5.63. The van der Waals surface area contributed by atoms with Gasteiger partial charge in [-0.25, -0.2) is 0 Å². The maximum absolute atomic E-state index is 13.0. The lowest BCUT2D eigenvalue weighted by Gasteiger charge is -2.39. The van der Waals surface area contributed by atoms with E-state index >= 15 is 0 Å². The number of carbonyl (C=O) groups is 1. The predicted octanol–water partition coefficient (Wildman–Crippen LogP) is 5.83. The molecule has 1 aromatic rings. The summed E-state index contributed by atoms with van der Waals surface area (Å²) in [6.45, 7) is 11.3. The predicted molar refractivity (Wildman–Crippen MR) is 138 cm³/mol. The Balaban J connectivity index is 0.00000220. The van der Waals surface area contributed by atoms with Crippen LogP contribution in [-0.4, -0.2) is 53.1 Å². The van der Waals surface area contributed by atoms with Gasteiger partial charge in [0.05, 0.1) is 17.7 Å². The van der Waals surface area contributed by atoms with E-state index in [1.807, 2.05) is 20.8 Å². The van der Waals surface area contributed by atoms with Crippen molar-refractivity contribution in [2.45, 2.75) is 116 Å². The van der Waals surface area contributed by atoms with E-state index < -0.39 is 41.5 Å². The van der Waals surface area contributed by atoms with Gasteiger partial charge in [-0.05, 0) is 63.8 Å². The Morgan fingerprint density at radius 1 is 1.08 bits per heavy atom. The zero-order valence-electron chi connectivity index (χ0n) is 23.6. The quantitative estimate of drug-likeness (QED) is 0.279. The largest absolute Gasteiger partial charge is 0.416 e. The molecule has 0 aliphatic carbocycles. The average molecular weight is 575 g/mol. The van der Waals surface area contributed by atoms with E-state index in [1.54, 1.807) is 20.8 Å². The van der Waals surface area contributed by atoms with Gasteiger partial charge in [0, 0.05) is 37.8 Å². The van der Waals surface area contributed by atoms with E-state index in [0.717, 1.165) is 12.8 Å². The molecule has 228 valence electrons. The SMILES string of the molecule is CC.CC(C)O.CCCC(CCC(=O)NCc1cc(C(F)(F)F)cc(C(F)(F)F)c1)NC1CCOCC1(C)O. The van der Waals surface area contributed by atoms with E-state index in [0.29, 0.717) is 31.6 Å². The summed E-state index contributed by atoms with van der Waals surface area (Å²) in [6, 6.07) is 0.962. The third-order valence-corrected chi connectivity index (χ3v) is 5.63. The molecule has 3 atom stereocenters. The van der Waals surface area contributed by atoms with Gasteiger partial charge in [0.1, 0.15) is 5.60 Å². The molecule has 1 heterocycles. The van der Waals surface area contributed by atoms with Crippen molar-refractivity contribution in [3.63, 3.8) is 0 Å². The van der Waals surface area contributed by atoms with Crippen LogP contribution >= 0.6 is 0 Å². The van der Waals surface area contributed by atoms with Gasteiger partial charge in [0.25, 0.3) is 0 Å². The third kappa shape index (κ3) is 14.9. The zero-order chi connectivity index (χ0) is 30.4. The van der Waals surface area contributed by atoms with Gasteiger partial charge in [-0.3, -0.25) is 4.79 Å².